The molecule has 46 heavy (non-hydrogen) atoms. The van der Waals surface area contributed by atoms with Crippen LogP contribution in [0.25, 0.3) is 21.5 Å². The molecular weight excluding hydrogens is 814 g/mol. The van der Waals surface area contributed by atoms with Crippen LogP contribution in [0.1, 0.15) is 81.3 Å². The van der Waals surface area contributed by atoms with E-state index < -0.39 is 0 Å². The summed E-state index contributed by atoms with van der Waals surface area (Å²) in [6, 6.07) is 28.8. The molecule has 6 rings (SSSR count). The Morgan fingerprint density at radius 3 is 1.35 bits per heavy atom. The van der Waals surface area contributed by atoms with Crippen LogP contribution in [0.4, 0.5) is 0 Å². The zero-order valence-electron chi connectivity index (χ0n) is 28.0. The molecule has 0 saturated heterocycles. The molecule has 5 aromatic carbocycles. The molecule has 0 unspecified atom stereocenters. The van der Waals surface area contributed by atoms with Gasteiger partial charge in [0, 0.05) is 0 Å². The van der Waals surface area contributed by atoms with Gasteiger partial charge in [0.1, 0.15) is 0 Å². The molecule has 0 aromatic heterocycles. The number of aryl methyl sites for hydroxylation is 2. The third kappa shape index (κ3) is 10.5. The molecule has 0 bridgehead atoms. The summed E-state index contributed by atoms with van der Waals surface area (Å²) in [5, 5.41) is 5.55. The van der Waals surface area contributed by atoms with Crippen molar-refractivity contribution in [2.24, 2.45) is 0 Å². The predicted molar refractivity (Wildman–Crippen MR) is 197 cm³/mol. The first-order chi connectivity index (χ1) is 20.6. The van der Waals surface area contributed by atoms with E-state index in [1.807, 2.05) is 12.2 Å². The van der Waals surface area contributed by atoms with Gasteiger partial charge in [-0.05, 0) is 24.7 Å². The van der Waals surface area contributed by atoms with E-state index in [4.69, 9.17) is 0 Å². The molecule has 1 aliphatic rings. The Hall–Kier alpha value is -1.48. The molecule has 5 heteroatoms. The van der Waals surface area contributed by atoms with Crippen molar-refractivity contribution < 1.29 is 49.0 Å². The Bertz CT molecular complexity index is 1700. The second-order valence-electron chi connectivity index (χ2n) is 13.5. The fourth-order valence-corrected chi connectivity index (χ4v) is 7.04. The molecule has 240 valence electrons. The first kappa shape index (κ1) is 40.7. The summed E-state index contributed by atoms with van der Waals surface area (Å²) in [4.78, 5) is 0. The number of benzene rings is 4. The minimum Gasteiger partial charge on any atom is -1.00 e. The molecule has 0 nitrogen and oxygen atoms in total. The van der Waals surface area contributed by atoms with Crippen LogP contribution in [0.3, 0.4) is 0 Å². The van der Waals surface area contributed by atoms with Crippen molar-refractivity contribution in [3.63, 3.8) is 0 Å². The topological polar surface area (TPSA) is 0 Å². The van der Waals surface area contributed by atoms with Gasteiger partial charge in [-0.3, -0.25) is 6.08 Å². The van der Waals surface area contributed by atoms with Gasteiger partial charge in [-0.2, -0.15) is 6.08 Å². The number of allylic oxidation sites excluding steroid dienone is 4. The monoisotopic (exact) mass is 852 g/mol. The summed E-state index contributed by atoms with van der Waals surface area (Å²) in [5.41, 5.74) is 8.65. The second-order valence-corrected chi connectivity index (χ2v) is 16.6. The van der Waals surface area contributed by atoms with Crippen LogP contribution < -0.4 is 24.8 Å². The third-order valence-electron chi connectivity index (χ3n) is 7.86. The van der Waals surface area contributed by atoms with Crippen molar-refractivity contribution in [1.29, 1.82) is 0 Å². The summed E-state index contributed by atoms with van der Waals surface area (Å²) in [7, 11) is 0. The van der Waals surface area contributed by atoms with Crippen molar-refractivity contribution in [3.05, 3.63) is 145 Å². The van der Waals surface area contributed by atoms with Gasteiger partial charge in [-0.15, -0.1) is 46.2 Å². The molecule has 0 heterocycles. The number of rotatable bonds is 2. The number of fused-ring (bicyclic) bond motifs is 3. The van der Waals surface area contributed by atoms with Gasteiger partial charge >= 0.3 is 128 Å². The van der Waals surface area contributed by atoms with E-state index in [9.17, 15) is 0 Å². The standard InChI is InChI=1S/C23H29.C13H8Br2.C5H5.2ClH.Zr/c1-14-9-16-11-17-10-15(2)21(23(6,7)8)13-19(17)18(16)12-20(14)22(3,4)5;14-12-5-1-10(2-6-12)9-11-3-7-13(15)8-4-11;1-2-4-5-3-1;;;/h9-13H,1-8H3;1-8H;1-3H,4H2;2*1H;/q-1;;-1;;;+2/p-2. The molecule has 0 saturated carbocycles. The Balaban J connectivity index is 0.000000278. The van der Waals surface area contributed by atoms with Gasteiger partial charge in [0.05, 0.1) is 0 Å². The maximum Gasteiger partial charge on any atom is -0.0142 e. The van der Waals surface area contributed by atoms with Gasteiger partial charge in [0.15, 0.2) is 0 Å². The maximum absolute atomic E-state index is 3.45. The number of hydrogen-bond donors (Lipinski definition) is 0. The smallest absolute Gasteiger partial charge is 0.0142 e. The molecule has 1 aliphatic carbocycles. The van der Waals surface area contributed by atoms with E-state index in [0.29, 0.717) is 0 Å². The van der Waals surface area contributed by atoms with Crippen LogP contribution in [-0.4, -0.2) is 3.21 Å². The summed E-state index contributed by atoms with van der Waals surface area (Å²) < 4.78 is 3.62. The van der Waals surface area contributed by atoms with E-state index in [1.165, 1.54) is 82.4 Å². The molecule has 0 radical (unpaired) electrons. The van der Waals surface area contributed by atoms with Gasteiger partial charge in [0.25, 0.3) is 0 Å². The molecule has 0 aliphatic heterocycles. The maximum atomic E-state index is 3.45. The van der Waals surface area contributed by atoms with Gasteiger partial charge < -0.3 is 24.8 Å². The van der Waals surface area contributed by atoms with Gasteiger partial charge in [0.2, 0.25) is 0 Å². The zero-order valence-corrected chi connectivity index (χ0v) is 35.1. The molecule has 0 amide bonds. The van der Waals surface area contributed by atoms with E-state index in [-0.39, 0.29) is 35.6 Å². The minimum absolute atomic E-state index is 0. The largest absolute Gasteiger partial charge is 1.00 e. The molecule has 5 aromatic rings. The average molecular weight is 857 g/mol. The Kier molecular flexibility index (Phi) is 15.3. The molecule has 0 N–H and O–H groups in total. The van der Waals surface area contributed by atoms with Gasteiger partial charge in [-0.1, -0.05) is 75.9 Å². The van der Waals surface area contributed by atoms with Crippen molar-refractivity contribution in [1.82, 2.24) is 0 Å². The predicted octanol–water partition coefficient (Wildman–Crippen LogP) is 6.56. The quantitative estimate of drug-likeness (QED) is 0.177. The van der Waals surface area contributed by atoms with Gasteiger partial charge in [-0.25, -0.2) is 12.2 Å². The Morgan fingerprint density at radius 2 is 1.07 bits per heavy atom. The van der Waals surface area contributed by atoms with Crippen LogP contribution in [0.5, 0.6) is 0 Å². The van der Waals surface area contributed by atoms with E-state index >= 15 is 0 Å². The Labute approximate surface area is 320 Å². The van der Waals surface area contributed by atoms with Crippen molar-refractivity contribution >= 4 is 56.6 Å². The zero-order chi connectivity index (χ0) is 32.2. The van der Waals surface area contributed by atoms with Crippen LogP contribution in [0.2, 0.25) is 0 Å². The first-order valence-corrected chi connectivity index (χ1v) is 17.9. The molecular formula is C41H42Br2Cl2Zr-2. The number of halogens is 4. The SMILES string of the molecule is Brc1ccc([C](=[Zr+2])c2ccc(Br)cc2)cc1.Cc1cc2[cH-]c3cc(C)c(C(C)(C)C)cc3c2cc1C(C)(C)C.[C-]1=CC=CC1.[Cl-].[Cl-]. The van der Waals surface area contributed by atoms with E-state index in [1.54, 1.807) is 0 Å². The fraction of sp³-hybridized carbons (Fsp3) is 0.268. The average Bonchev–Trinajstić information content (AvgIpc) is 3.63. The third-order valence-corrected chi connectivity index (χ3v) is 10.3. The summed E-state index contributed by atoms with van der Waals surface area (Å²) in [5.74, 6) is 0. The number of hydrogen-bond acceptors (Lipinski definition) is 0. The summed E-state index contributed by atoms with van der Waals surface area (Å²) in [6.45, 7) is 18.3. The van der Waals surface area contributed by atoms with Crippen LogP contribution in [0, 0.1) is 19.9 Å². The summed E-state index contributed by atoms with van der Waals surface area (Å²) in [6.07, 6.45) is 10.0. The van der Waals surface area contributed by atoms with Crippen molar-refractivity contribution in [2.45, 2.75) is 72.6 Å². The minimum atomic E-state index is 0. The van der Waals surface area contributed by atoms with E-state index in [0.717, 1.165) is 15.4 Å². The van der Waals surface area contributed by atoms with E-state index in [2.05, 4.69) is 178 Å². The Morgan fingerprint density at radius 1 is 0.674 bits per heavy atom. The van der Waals surface area contributed by atoms with Crippen molar-refractivity contribution in [3.8, 4) is 0 Å². The summed E-state index contributed by atoms with van der Waals surface area (Å²) >= 11 is 8.34. The van der Waals surface area contributed by atoms with Crippen molar-refractivity contribution in [2.75, 3.05) is 0 Å². The van der Waals surface area contributed by atoms with Crippen LogP contribution >= 0.6 is 31.9 Å². The molecule has 0 spiro atoms. The van der Waals surface area contributed by atoms with Crippen LogP contribution in [0.15, 0.2) is 106 Å². The molecule has 0 atom stereocenters. The van der Waals surface area contributed by atoms with Crippen LogP contribution in [-0.2, 0) is 35.1 Å². The fourth-order valence-electron chi connectivity index (χ4n) is 5.69. The molecule has 0 fully saturated rings. The second kappa shape index (κ2) is 17.3. The normalized spacial score (nSPS) is 12.1. The first-order valence-electron chi connectivity index (χ1n) is 15.1.